The molecular formula is C25H37NO5. The van der Waals surface area contributed by atoms with E-state index in [1.54, 1.807) is 0 Å². The van der Waals surface area contributed by atoms with Gasteiger partial charge in [0.2, 0.25) is 5.91 Å². The lowest BCUT2D eigenvalue weighted by molar-refractivity contribution is -0.143. The molecule has 0 aliphatic carbocycles. The molecule has 0 spiro atoms. The molecule has 6 nitrogen and oxygen atoms in total. The lowest BCUT2D eigenvalue weighted by Gasteiger charge is -2.13. The minimum atomic E-state index is -1.22. The van der Waals surface area contributed by atoms with E-state index in [9.17, 15) is 14.4 Å². The summed E-state index contributed by atoms with van der Waals surface area (Å²) in [6.45, 7) is 2.13. The Morgan fingerprint density at radius 1 is 0.742 bits per heavy atom. The maximum atomic E-state index is 11.8. The lowest BCUT2D eigenvalue weighted by Crippen LogP contribution is -2.41. The maximum absolute atomic E-state index is 11.8. The molecule has 0 radical (unpaired) electrons. The molecule has 0 aliphatic rings. The molecule has 0 saturated carbocycles. The standard InChI is InChI=1S/C25H37NO5/c1-2-3-4-5-6-7-8-9-10-11-12-13-14-15-16-17-18-19-23(27)26-22(25(30)31)20-21-24(28)29/h3-4,6-7,9-10,12-13,15-16,22H,2,5,8,11,14,17-21H2,1H3,(H,26,27)(H,28,29)(H,30,31)/b4-3+,7-6+,10-9+,13-12+,16-15+. The van der Waals surface area contributed by atoms with Gasteiger partial charge < -0.3 is 15.5 Å². The van der Waals surface area contributed by atoms with Gasteiger partial charge in [0, 0.05) is 12.8 Å². The molecule has 0 aromatic rings. The number of hydrogen-bond donors (Lipinski definition) is 3. The third kappa shape index (κ3) is 20.2. The molecule has 0 aliphatic heterocycles. The summed E-state index contributed by atoms with van der Waals surface area (Å²) in [5.41, 5.74) is 0. The highest BCUT2D eigenvalue weighted by molar-refractivity contribution is 5.83. The van der Waals surface area contributed by atoms with Crippen LogP contribution < -0.4 is 5.32 Å². The molecule has 0 bridgehead atoms. The molecule has 31 heavy (non-hydrogen) atoms. The summed E-state index contributed by atoms with van der Waals surface area (Å²) in [4.78, 5) is 33.4. The van der Waals surface area contributed by atoms with E-state index in [0.717, 1.165) is 38.5 Å². The summed E-state index contributed by atoms with van der Waals surface area (Å²) >= 11 is 0. The third-order valence-electron chi connectivity index (χ3n) is 4.21. The van der Waals surface area contributed by atoms with Crippen molar-refractivity contribution in [3.63, 3.8) is 0 Å². The van der Waals surface area contributed by atoms with Crippen LogP contribution in [-0.4, -0.2) is 34.1 Å². The first-order chi connectivity index (χ1) is 15.0. The van der Waals surface area contributed by atoms with Gasteiger partial charge in [-0.25, -0.2) is 4.79 Å². The van der Waals surface area contributed by atoms with E-state index in [1.807, 2.05) is 12.2 Å². The molecule has 0 heterocycles. The summed E-state index contributed by atoms with van der Waals surface area (Å²) in [6.07, 6.45) is 27.1. The Hall–Kier alpha value is -2.89. The SMILES string of the molecule is CC/C=C/C/C=C/C/C=C/C/C=C/C/C=C/CCCC(=O)NC(CCC(=O)O)C(=O)O. The summed E-state index contributed by atoms with van der Waals surface area (Å²) in [6, 6.07) is -1.16. The van der Waals surface area contributed by atoms with Crippen LogP contribution in [0.25, 0.3) is 0 Å². The van der Waals surface area contributed by atoms with E-state index >= 15 is 0 Å². The molecule has 3 N–H and O–H groups in total. The minimum Gasteiger partial charge on any atom is -0.481 e. The number of aliphatic carboxylic acids is 2. The number of hydrogen-bond acceptors (Lipinski definition) is 3. The molecule has 0 aromatic heterocycles. The molecule has 0 fully saturated rings. The average Bonchev–Trinajstić information content (AvgIpc) is 2.73. The van der Waals surface area contributed by atoms with Gasteiger partial charge in [-0.3, -0.25) is 9.59 Å². The monoisotopic (exact) mass is 431 g/mol. The summed E-state index contributed by atoms with van der Waals surface area (Å²) < 4.78 is 0. The topological polar surface area (TPSA) is 104 Å². The highest BCUT2D eigenvalue weighted by atomic mass is 16.4. The number of unbranched alkanes of at least 4 members (excludes halogenated alkanes) is 1. The minimum absolute atomic E-state index is 0.120. The van der Waals surface area contributed by atoms with Gasteiger partial charge in [0.15, 0.2) is 0 Å². The number of nitrogens with one attached hydrogen (secondary N) is 1. The van der Waals surface area contributed by atoms with Gasteiger partial charge in [-0.15, -0.1) is 0 Å². The molecule has 0 aromatic carbocycles. The molecule has 0 saturated heterocycles. The number of allylic oxidation sites excluding steroid dienone is 10. The van der Waals surface area contributed by atoms with Crippen LogP contribution in [0, 0.1) is 0 Å². The number of carboxylic acids is 2. The van der Waals surface area contributed by atoms with Gasteiger partial charge in [0.1, 0.15) is 6.04 Å². The van der Waals surface area contributed by atoms with Crippen LogP contribution in [-0.2, 0) is 14.4 Å². The van der Waals surface area contributed by atoms with Crippen LogP contribution in [0.2, 0.25) is 0 Å². The zero-order chi connectivity index (χ0) is 23.2. The first-order valence-corrected chi connectivity index (χ1v) is 11.0. The van der Waals surface area contributed by atoms with Crippen LogP contribution in [0.4, 0.5) is 0 Å². The average molecular weight is 432 g/mol. The Kier molecular flexibility index (Phi) is 18.5. The van der Waals surface area contributed by atoms with Gasteiger partial charge in [0.25, 0.3) is 0 Å². The molecule has 1 atom stereocenters. The summed E-state index contributed by atoms with van der Waals surface area (Å²) in [7, 11) is 0. The van der Waals surface area contributed by atoms with Gasteiger partial charge in [0.05, 0.1) is 0 Å². The van der Waals surface area contributed by atoms with Gasteiger partial charge in [-0.1, -0.05) is 67.7 Å². The van der Waals surface area contributed by atoms with Gasteiger partial charge in [-0.05, 0) is 51.4 Å². The quantitative estimate of drug-likeness (QED) is 0.201. The van der Waals surface area contributed by atoms with Crippen molar-refractivity contribution in [1.29, 1.82) is 0 Å². The van der Waals surface area contributed by atoms with Crippen LogP contribution in [0.3, 0.4) is 0 Å². The Labute approximate surface area is 186 Å². The summed E-state index contributed by atoms with van der Waals surface area (Å²) in [5, 5.41) is 20.0. The van der Waals surface area contributed by atoms with E-state index in [1.165, 1.54) is 0 Å². The first kappa shape index (κ1) is 28.1. The maximum Gasteiger partial charge on any atom is 0.326 e. The van der Waals surface area contributed by atoms with E-state index in [0.29, 0.717) is 6.42 Å². The Morgan fingerprint density at radius 2 is 1.23 bits per heavy atom. The second-order valence-corrected chi connectivity index (χ2v) is 6.99. The number of carbonyl (C=O) groups is 3. The van der Waals surface area contributed by atoms with Crippen molar-refractivity contribution in [2.24, 2.45) is 0 Å². The number of carbonyl (C=O) groups excluding carboxylic acids is 1. The Morgan fingerprint density at radius 3 is 1.68 bits per heavy atom. The van der Waals surface area contributed by atoms with Crippen molar-refractivity contribution in [3.8, 4) is 0 Å². The van der Waals surface area contributed by atoms with Gasteiger partial charge in [-0.2, -0.15) is 0 Å². The Balaban J connectivity index is 3.80. The predicted molar refractivity (Wildman–Crippen MR) is 125 cm³/mol. The molecular weight excluding hydrogens is 394 g/mol. The second kappa shape index (κ2) is 20.4. The normalized spacial score (nSPS) is 13.2. The van der Waals surface area contributed by atoms with E-state index in [-0.39, 0.29) is 25.2 Å². The molecule has 0 rings (SSSR count). The number of carboxylic acid groups (broad SMARTS) is 2. The van der Waals surface area contributed by atoms with Crippen molar-refractivity contribution in [2.75, 3.05) is 0 Å². The predicted octanol–water partition coefficient (Wildman–Crippen LogP) is 5.34. The highest BCUT2D eigenvalue weighted by Gasteiger charge is 2.20. The van der Waals surface area contributed by atoms with Crippen LogP contribution in [0.5, 0.6) is 0 Å². The number of rotatable bonds is 18. The van der Waals surface area contributed by atoms with Crippen LogP contribution in [0.15, 0.2) is 60.8 Å². The third-order valence-corrected chi connectivity index (χ3v) is 4.21. The zero-order valence-corrected chi connectivity index (χ0v) is 18.5. The second-order valence-electron chi connectivity index (χ2n) is 6.99. The van der Waals surface area contributed by atoms with Crippen molar-refractivity contribution < 1.29 is 24.6 Å². The smallest absolute Gasteiger partial charge is 0.326 e. The fraction of sp³-hybridized carbons (Fsp3) is 0.480. The molecule has 1 unspecified atom stereocenters. The summed E-state index contributed by atoms with van der Waals surface area (Å²) in [5.74, 6) is -2.67. The lowest BCUT2D eigenvalue weighted by atomic mass is 10.1. The fourth-order valence-electron chi connectivity index (χ4n) is 2.54. The van der Waals surface area contributed by atoms with E-state index < -0.39 is 18.0 Å². The van der Waals surface area contributed by atoms with Crippen molar-refractivity contribution >= 4 is 17.8 Å². The molecule has 6 heteroatoms. The van der Waals surface area contributed by atoms with Crippen molar-refractivity contribution in [1.82, 2.24) is 5.32 Å². The van der Waals surface area contributed by atoms with Gasteiger partial charge >= 0.3 is 11.9 Å². The van der Waals surface area contributed by atoms with E-state index in [4.69, 9.17) is 10.2 Å². The molecule has 172 valence electrons. The fourth-order valence-corrected chi connectivity index (χ4v) is 2.54. The van der Waals surface area contributed by atoms with Crippen LogP contribution in [0.1, 0.15) is 71.1 Å². The number of amides is 1. The first-order valence-electron chi connectivity index (χ1n) is 11.0. The van der Waals surface area contributed by atoms with E-state index in [2.05, 4.69) is 60.8 Å². The van der Waals surface area contributed by atoms with Crippen LogP contribution >= 0.6 is 0 Å². The Bertz CT molecular complexity index is 659. The zero-order valence-electron chi connectivity index (χ0n) is 18.5. The largest absolute Gasteiger partial charge is 0.481 e. The molecule has 1 amide bonds. The highest BCUT2D eigenvalue weighted by Crippen LogP contribution is 2.02. The van der Waals surface area contributed by atoms with Crippen molar-refractivity contribution in [2.45, 2.75) is 77.2 Å². The van der Waals surface area contributed by atoms with Crippen molar-refractivity contribution in [3.05, 3.63) is 60.8 Å².